The maximum atomic E-state index is 11.3. The lowest BCUT2D eigenvalue weighted by atomic mass is 9.93. The number of piperidine rings is 1. The molecule has 0 amide bonds. The van der Waals surface area contributed by atoms with Gasteiger partial charge in [0.15, 0.2) is 0 Å². The van der Waals surface area contributed by atoms with Gasteiger partial charge in [0.05, 0.1) is 12.5 Å². The second-order valence-corrected chi connectivity index (χ2v) is 5.57. The normalized spacial score (nSPS) is 21.0. The van der Waals surface area contributed by atoms with E-state index in [-0.39, 0.29) is 12.0 Å². The van der Waals surface area contributed by atoms with Crippen molar-refractivity contribution < 1.29 is 14.6 Å². The molecule has 1 aromatic rings. The Balaban J connectivity index is 2.21. The highest BCUT2D eigenvalue weighted by Crippen LogP contribution is 2.34. The number of carbonyl (C=O) groups is 1. The van der Waals surface area contributed by atoms with Gasteiger partial charge in [0, 0.05) is 18.2 Å². The van der Waals surface area contributed by atoms with Crippen molar-refractivity contribution in [1.29, 1.82) is 0 Å². The summed E-state index contributed by atoms with van der Waals surface area (Å²) in [7, 11) is 0. The molecule has 0 bridgehead atoms. The monoisotopic (exact) mass is 291 g/mol. The van der Waals surface area contributed by atoms with E-state index in [1.807, 2.05) is 25.1 Å². The van der Waals surface area contributed by atoms with Crippen LogP contribution in [-0.2, 0) is 4.79 Å². The summed E-state index contributed by atoms with van der Waals surface area (Å²) in [4.78, 5) is 13.6. The number of hydrogen-bond donors (Lipinski definition) is 1. The zero-order chi connectivity index (χ0) is 15.2. The molecule has 4 heteroatoms. The molecular formula is C17H25NO3. The van der Waals surface area contributed by atoms with Crippen molar-refractivity contribution >= 4 is 5.97 Å². The number of likely N-dealkylation sites (tertiary alicyclic amines) is 1. The van der Waals surface area contributed by atoms with E-state index < -0.39 is 5.97 Å². The van der Waals surface area contributed by atoms with E-state index in [1.165, 1.54) is 5.56 Å². The molecule has 21 heavy (non-hydrogen) atoms. The standard InChI is InChI=1S/C17H25NO3/c1-3-15(14-9-5-6-10-16(14)21-4-2)18-11-7-8-13(12-18)17(19)20/h5-6,9-10,13,15H,3-4,7-8,11-12H2,1-2H3,(H,19,20). The van der Waals surface area contributed by atoms with Gasteiger partial charge in [0.2, 0.25) is 0 Å². The van der Waals surface area contributed by atoms with Gasteiger partial charge in [-0.1, -0.05) is 25.1 Å². The maximum absolute atomic E-state index is 11.3. The summed E-state index contributed by atoms with van der Waals surface area (Å²) >= 11 is 0. The number of aliphatic carboxylic acids is 1. The van der Waals surface area contributed by atoms with Gasteiger partial charge < -0.3 is 9.84 Å². The maximum Gasteiger partial charge on any atom is 0.307 e. The van der Waals surface area contributed by atoms with E-state index in [2.05, 4.69) is 17.9 Å². The largest absolute Gasteiger partial charge is 0.494 e. The second kappa shape index (κ2) is 7.46. The van der Waals surface area contributed by atoms with Crippen LogP contribution < -0.4 is 4.74 Å². The minimum absolute atomic E-state index is 0.231. The quantitative estimate of drug-likeness (QED) is 0.873. The first kappa shape index (κ1) is 15.8. The lowest BCUT2D eigenvalue weighted by Crippen LogP contribution is -2.40. The average molecular weight is 291 g/mol. The molecular weight excluding hydrogens is 266 g/mol. The molecule has 1 heterocycles. The average Bonchev–Trinajstić information content (AvgIpc) is 2.50. The Labute approximate surface area is 126 Å². The molecule has 1 aromatic carbocycles. The molecule has 4 nitrogen and oxygen atoms in total. The van der Waals surface area contributed by atoms with Crippen LogP contribution in [0.1, 0.15) is 44.7 Å². The summed E-state index contributed by atoms with van der Waals surface area (Å²) in [6, 6.07) is 8.34. The summed E-state index contributed by atoms with van der Waals surface area (Å²) < 4.78 is 5.74. The number of rotatable bonds is 6. The highest BCUT2D eigenvalue weighted by molar-refractivity contribution is 5.70. The fraction of sp³-hybridized carbons (Fsp3) is 0.588. The number of ether oxygens (including phenoxy) is 1. The van der Waals surface area contributed by atoms with Crippen LogP contribution in [0, 0.1) is 5.92 Å². The van der Waals surface area contributed by atoms with Gasteiger partial charge in [-0.3, -0.25) is 9.69 Å². The minimum atomic E-state index is -0.673. The Morgan fingerprint density at radius 1 is 1.43 bits per heavy atom. The van der Waals surface area contributed by atoms with E-state index in [0.717, 1.165) is 31.6 Å². The van der Waals surface area contributed by atoms with Gasteiger partial charge in [-0.15, -0.1) is 0 Å². The van der Waals surface area contributed by atoms with Crippen molar-refractivity contribution in [2.45, 2.75) is 39.2 Å². The molecule has 0 spiro atoms. The van der Waals surface area contributed by atoms with Crippen LogP contribution in [0.15, 0.2) is 24.3 Å². The van der Waals surface area contributed by atoms with Crippen molar-refractivity contribution in [2.75, 3.05) is 19.7 Å². The third-order valence-electron chi connectivity index (χ3n) is 4.21. The molecule has 1 saturated heterocycles. The first-order valence-electron chi connectivity index (χ1n) is 7.85. The van der Waals surface area contributed by atoms with Crippen LogP contribution in [0.4, 0.5) is 0 Å². The molecule has 1 fully saturated rings. The lowest BCUT2D eigenvalue weighted by Gasteiger charge is -2.37. The molecule has 1 aliphatic rings. The SMILES string of the molecule is CCOc1ccccc1C(CC)N1CCCC(C(=O)O)C1. The van der Waals surface area contributed by atoms with Crippen molar-refractivity contribution in [3.63, 3.8) is 0 Å². The number of nitrogens with zero attached hydrogens (tertiary/aromatic N) is 1. The lowest BCUT2D eigenvalue weighted by molar-refractivity contribution is -0.144. The van der Waals surface area contributed by atoms with E-state index in [1.54, 1.807) is 0 Å². The number of hydrogen-bond acceptors (Lipinski definition) is 3. The van der Waals surface area contributed by atoms with E-state index in [9.17, 15) is 9.90 Å². The highest BCUT2D eigenvalue weighted by atomic mass is 16.5. The number of carboxylic acid groups (broad SMARTS) is 1. The predicted molar refractivity (Wildman–Crippen MR) is 82.6 cm³/mol. The Morgan fingerprint density at radius 2 is 2.19 bits per heavy atom. The molecule has 2 atom stereocenters. The molecule has 2 unspecified atom stereocenters. The first-order chi connectivity index (χ1) is 10.2. The third-order valence-corrected chi connectivity index (χ3v) is 4.21. The molecule has 0 radical (unpaired) electrons. The van der Waals surface area contributed by atoms with Crippen LogP contribution in [0.25, 0.3) is 0 Å². The second-order valence-electron chi connectivity index (χ2n) is 5.57. The fourth-order valence-electron chi connectivity index (χ4n) is 3.21. The molecule has 1 N–H and O–H groups in total. The van der Waals surface area contributed by atoms with E-state index >= 15 is 0 Å². The van der Waals surface area contributed by atoms with Crippen molar-refractivity contribution in [1.82, 2.24) is 4.90 Å². The smallest absolute Gasteiger partial charge is 0.307 e. The minimum Gasteiger partial charge on any atom is -0.494 e. The highest BCUT2D eigenvalue weighted by Gasteiger charge is 2.30. The van der Waals surface area contributed by atoms with E-state index in [4.69, 9.17) is 4.74 Å². The van der Waals surface area contributed by atoms with E-state index in [0.29, 0.717) is 13.2 Å². The predicted octanol–water partition coefficient (Wildman–Crippen LogP) is 3.33. The zero-order valence-electron chi connectivity index (χ0n) is 12.9. The Bertz CT molecular complexity index is 475. The molecule has 2 rings (SSSR count). The number of carboxylic acids is 1. The molecule has 0 aliphatic carbocycles. The van der Waals surface area contributed by atoms with Crippen LogP contribution in [0.3, 0.4) is 0 Å². The molecule has 0 aromatic heterocycles. The van der Waals surface area contributed by atoms with Crippen LogP contribution in [0.2, 0.25) is 0 Å². The van der Waals surface area contributed by atoms with Gasteiger partial charge >= 0.3 is 5.97 Å². The summed E-state index contributed by atoms with van der Waals surface area (Å²) in [5.41, 5.74) is 1.17. The number of benzene rings is 1. The molecule has 0 saturated carbocycles. The van der Waals surface area contributed by atoms with Crippen LogP contribution in [0.5, 0.6) is 5.75 Å². The Morgan fingerprint density at radius 3 is 2.86 bits per heavy atom. The fourth-order valence-corrected chi connectivity index (χ4v) is 3.21. The topological polar surface area (TPSA) is 49.8 Å². The van der Waals surface area contributed by atoms with Gasteiger partial charge in [0.25, 0.3) is 0 Å². The molecule has 1 aliphatic heterocycles. The third kappa shape index (κ3) is 3.76. The van der Waals surface area contributed by atoms with Gasteiger partial charge in [-0.2, -0.15) is 0 Å². The van der Waals surface area contributed by atoms with Crippen molar-refractivity contribution in [2.24, 2.45) is 5.92 Å². The summed E-state index contributed by atoms with van der Waals surface area (Å²) in [6.45, 7) is 6.37. The Kier molecular flexibility index (Phi) is 5.62. The van der Waals surface area contributed by atoms with Gasteiger partial charge in [-0.25, -0.2) is 0 Å². The van der Waals surface area contributed by atoms with Gasteiger partial charge in [0.1, 0.15) is 5.75 Å². The van der Waals surface area contributed by atoms with Gasteiger partial charge in [-0.05, 0) is 38.8 Å². The van der Waals surface area contributed by atoms with Crippen molar-refractivity contribution in [3.05, 3.63) is 29.8 Å². The van der Waals surface area contributed by atoms with Crippen molar-refractivity contribution in [3.8, 4) is 5.75 Å². The summed E-state index contributed by atoms with van der Waals surface area (Å²) in [6.07, 6.45) is 2.69. The number of para-hydroxylation sites is 1. The summed E-state index contributed by atoms with van der Waals surface area (Å²) in [5.74, 6) is 0.00370. The Hall–Kier alpha value is -1.55. The van der Waals surface area contributed by atoms with Crippen LogP contribution >= 0.6 is 0 Å². The van der Waals surface area contributed by atoms with Crippen LogP contribution in [-0.4, -0.2) is 35.7 Å². The summed E-state index contributed by atoms with van der Waals surface area (Å²) in [5, 5.41) is 9.27. The molecule has 116 valence electrons. The zero-order valence-corrected chi connectivity index (χ0v) is 12.9. The first-order valence-corrected chi connectivity index (χ1v) is 7.85.